The van der Waals surface area contributed by atoms with E-state index in [1.54, 1.807) is 19.2 Å². The van der Waals surface area contributed by atoms with Crippen LogP contribution in [0.25, 0.3) is 0 Å². The van der Waals surface area contributed by atoms with Crippen LogP contribution in [0.5, 0.6) is 17.2 Å². The van der Waals surface area contributed by atoms with Crippen LogP contribution in [0.15, 0.2) is 65.6 Å². The molecule has 11 heteroatoms. The van der Waals surface area contributed by atoms with E-state index in [1.807, 2.05) is 30.3 Å². The average Bonchev–Trinajstić information content (AvgIpc) is 2.91. The van der Waals surface area contributed by atoms with Crippen molar-refractivity contribution in [3.05, 3.63) is 81.8 Å². The summed E-state index contributed by atoms with van der Waals surface area (Å²) >= 11 is 12.3. The highest BCUT2D eigenvalue weighted by atomic mass is 35.5. The number of benzene rings is 3. The molecule has 0 fully saturated rings. The predicted molar refractivity (Wildman–Crippen MR) is 148 cm³/mol. The maximum absolute atomic E-state index is 13.6. The van der Waals surface area contributed by atoms with Crippen LogP contribution in [0, 0.1) is 0 Å². The lowest BCUT2D eigenvalue weighted by Crippen LogP contribution is -2.42. The van der Waals surface area contributed by atoms with Crippen molar-refractivity contribution in [1.82, 2.24) is 9.21 Å². The summed E-state index contributed by atoms with van der Waals surface area (Å²) in [7, 11) is 1.97. The molecule has 204 valence electrons. The molecular weight excluding hydrogens is 551 g/mol. The summed E-state index contributed by atoms with van der Waals surface area (Å²) in [5.41, 5.74) is 1.65. The number of ether oxygens (including phenoxy) is 3. The highest BCUT2D eigenvalue weighted by Gasteiger charge is 2.30. The second-order valence-electron chi connectivity index (χ2n) is 8.43. The minimum absolute atomic E-state index is 0.0253. The number of halogens is 2. The van der Waals surface area contributed by atoms with E-state index in [-0.39, 0.29) is 34.6 Å². The summed E-state index contributed by atoms with van der Waals surface area (Å²) < 4.78 is 44.6. The van der Waals surface area contributed by atoms with Gasteiger partial charge >= 0.3 is 0 Å². The van der Waals surface area contributed by atoms with Crippen LogP contribution in [0.1, 0.15) is 11.1 Å². The first-order chi connectivity index (χ1) is 18.1. The molecule has 0 radical (unpaired) electrons. The molecule has 3 rings (SSSR count). The monoisotopic (exact) mass is 580 g/mol. The van der Waals surface area contributed by atoms with Gasteiger partial charge in [-0.2, -0.15) is 4.31 Å². The largest absolute Gasteiger partial charge is 0.493 e. The SMILES string of the molecule is COc1cc(CN(C)C(=O)CN(CCc2ccccc2)S(=O)(=O)c2cc(Cl)ccc2Cl)cc(OC)c1OC. The molecule has 0 aliphatic heterocycles. The van der Waals surface area contributed by atoms with Gasteiger partial charge in [-0.15, -0.1) is 0 Å². The predicted octanol–water partition coefficient (Wildman–Crippen LogP) is 4.91. The van der Waals surface area contributed by atoms with Crippen LogP contribution < -0.4 is 14.2 Å². The Balaban J connectivity index is 1.87. The Kier molecular flexibility index (Phi) is 10.3. The Morgan fingerprint density at radius 3 is 2.08 bits per heavy atom. The van der Waals surface area contributed by atoms with Crippen molar-refractivity contribution in [2.24, 2.45) is 0 Å². The topological polar surface area (TPSA) is 85.4 Å². The minimum Gasteiger partial charge on any atom is -0.493 e. The third kappa shape index (κ3) is 7.11. The van der Waals surface area contributed by atoms with Gasteiger partial charge in [-0.05, 0) is 47.9 Å². The maximum atomic E-state index is 13.6. The Morgan fingerprint density at radius 2 is 1.50 bits per heavy atom. The van der Waals surface area contributed by atoms with Gasteiger partial charge in [0.25, 0.3) is 0 Å². The van der Waals surface area contributed by atoms with Crippen LogP contribution >= 0.6 is 23.2 Å². The summed E-state index contributed by atoms with van der Waals surface area (Å²) in [5, 5.41) is 0.249. The molecule has 8 nitrogen and oxygen atoms in total. The Bertz CT molecular complexity index is 1340. The van der Waals surface area contributed by atoms with Crippen molar-refractivity contribution in [2.45, 2.75) is 17.9 Å². The lowest BCUT2D eigenvalue weighted by molar-refractivity contribution is -0.130. The standard InChI is InChI=1S/C27H30Cl2N2O6S/c1-30(17-20-14-23(35-2)27(37-4)24(15-20)36-3)26(32)18-31(13-12-19-8-6-5-7-9-19)38(33,34)25-16-21(28)10-11-22(25)29/h5-11,14-16H,12-13,17-18H2,1-4H3. The molecule has 3 aromatic rings. The number of amides is 1. The Morgan fingerprint density at radius 1 is 0.868 bits per heavy atom. The van der Waals surface area contributed by atoms with Crippen LogP contribution in [0.2, 0.25) is 10.0 Å². The highest BCUT2D eigenvalue weighted by molar-refractivity contribution is 7.89. The number of nitrogens with zero attached hydrogens (tertiary/aromatic N) is 2. The van der Waals surface area contributed by atoms with Gasteiger partial charge in [-0.25, -0.2) is 8.42 Å². The van der Waals surface area contributed by atoms with E-state index in [1.165, 1.54) is 44.4 Å². The van der Waals surface area contributed by atoms with Gasteiger partial charge in [0.15, 0.2) is 11.5 Å². The normalized spacial score (nSPS) is 11.3. The molecule has 1 amide bonds. The number of rotatable bonds is 12. The number of carbonyl (C=O) groups excluding carboxylic acids is 1. The zero-order chi connectivity index (χ0) is 27.9. The second-order valence-corrected chi connectivity index (χ2v) is 11.2. The van der Waals surface area contributed by atoms with Gasteiger partial charge in [0, 0.05) is 25.2 Å². The fraction of sp³-hybridized carbons (Fsp3) is 0.296. The minimum atomic E-state index is -4.14. The van der Waals surface area contributed by atoms with Crippen molar-refractivity contribution in [3.63, 3.8) is 0 Å². The lowest BCUT2D eigenvalue weighted by atomic mass is 10.1. The van der Waals surface area contributed by atoms with E-state index in [0.29, 0.717) is 29.2 Å². The molecule has 0 heterocycles. The van der Waals surface area contributed by atoms with Crippen LogP contribution in [0.4, 0.5) is 0 Å². The van der Waals surface area contributed by atoms with Gasteiger partial charge in [-0.1, -0.05) is 53.5 Å². The molecule has 38 heavy (non-hydrogen) atoms. The smallest absolute Gasteiger partial charge is 0.245 e. The van der Waals surface area contributed by atoms with E-state index >= 15 is 0 Å². The molecule has 0 N–H and O–H groups in total. The summed E-state index contributed by atoms with van der Waals surface area (Å²) in [5.74, 6) is 0.925. The van der Waals surface area contributed by atoms with E-state index in [2.05, 4.69) is 0 Å². The summed E-state index contributed by atoms with van der Waals surface area (Å²) in [4.78, 5) is 14.6. The van der Waals surface area contributed by atoms with Gasteiger partial charge in [0.05, 0.1) is 32.9 Å². The van der Waals surface area contributed by atoms with Crippen LogP contribution in [-0.4, -0.2) is 65.0 Å². The van der Waals surface area contributed by atoms with E-state index < -0.39 is 15.9 Å². The number of methoxy groups -OCH3 is 3. The third-order valence-corrected chi connectivity index (χ3v) is 8.45. The number of hydrogen-bond donors (Lipinski definition) is 0. The van der Waals surface area contributed by atoms with Crippen molar-refractivity contribution in [1.29, 1.82) is 0 Å². The Labute approximate surface area is 233 Å². The number of carbonyl (C=O) groups is 1. The number of sulfonamides is 1. The zero-order valence-electron chi connectivity index (χ0n) is 21.6. The van der Waals surface area contributed by atoms with Crippen molar-refractivity contribution < 1.29 is 27.4 Å². The maximum Gasteiger partial charge on any atom is 0.245 e. The summed E-state index contributed by atoms with van der Waals surface area (Å²) in [6.07, 6.45) is 0.405. The molecule has 0 bridgehead atoms. The first kappa shape index (κ1) is 29.6. The Hall–Kier alpha value is -2.98. The van der Waals surface area contributed by atoms with E-state index in [4.69, 9.17) is 37.4 Å². The van der Waals surface area contributed by atoms with Gasteiger partial charge < -0.3 is 19.1 Å². The summed E-state index contributed by atoms with van der Waals surface area (Å²) in [6, 6.07) is 17.1. The number of likely N-dealkylation sites (N-methyl/N-ethyl adjacent to an activating group) is 1. The summed E-state index contributed by atoms with van der Waals surface area (Å²) in [6.45, 7) is -0.141. The fourth-order valence-electron chi connectivity index (χ4n) is 3.86. The fourth-order valence-corrected chi connectivity index (χ4v) is 5.98. The van der Waals surface area contributed by atoms with Crippen LogP contribution in [-0.2, 0) is 27.8 Å². The molecule has 0 spiro atoms. The van der Waals surface area contributed by atoms with Gasteiger partial charge in [-0.3, -0.25) is 4.79 Å². The molecule has 0 unspecified atom stereocenters. The molecule has 0 aliphatic rings. The molecule has 0 atom stereocenters. The lowest BCUT2D eigenvalue weighted by Gasteiger charge is -2.26. The molecule has 0 saturated heterocycles. The van der Waals surface area contributed by atoms with Crippen molar-refractivity contribution in [3.8, 4) is 17.2 Å². The quantitative estimate of drug-likeness (QED) is 0.302. The van der Waals surface area contributed by atoms with E-state index in [9.17, 15) is 13.2 Å². The zero-order valence-corrected chi connectivity index (χ0v) is 23.9. The molecule has 0 aromatic heterocycles. The first-order valence-corrected chi connectivity index (χ1v) is 13.8. The molecular formula is C27H30Cl2N2O6S. The first-order valence-electron chi connectivity index (χ1n) is 11.6. The second kappa shape index (κ2) is 13.2. The highest BCUT2D eigenvalue weighted by Crippen LogP contribution is 2.38. The van der Waals surface area contributed by atoms with Gasteiger partial charge in [0.2, 0.25) is 21.7 Å². The van der Waals surface area contributed by atoms with E-state index in [0.717, 1.165) is 9.87 Å². The molecule has 0 aliphatic carbocycles. The van der Waals surface area contributed by atoms with Crippen molar-refractivity contribution in [2.75, 3.05) is 41.5 Å². The van der Waals surface area contributed by atoms with Crippen molar-refractivity contribution >= 4 is 39.1 Å². The number of hydrogen-bond acceptors (Lipinski definition) is 6. The third-order valence-electron chi connectivity index (χ3n) is 5.89. The average molecular weight is 582 g/mol. The van der Waals surface area contributed by atoms with Crippen LogP contribution in [0.3, 0.4) is 0 Å². The molecule has 0 saturated carbocycles. The van der Waals surface area contributed by atoms with Gasteiger partial charge in [0.1, 0.15) is 4.90 Å². The molecule has 3 aromatic carbocycles.